The number of benzene rings is 2. The molecule has 1 saturated heterocycles. The number of fused-ring (bicyclic) bond motifs is 1. The first-order valence-corrected chi connectivity index (χ1v) is 6.58. The van der Waals surface area contributed by atoms with Gasteiger partial charge in [-0.15, -0.1) is 0 Å². The monoisotopic (exact) mass is 250 g/mol. The van der Waals surface area contributed by atoms with Crippen LogP contribution in [-0.2, 0) is 11.2 Å². The number of ketones is 1. The van der Waals surface area contributed by atoms with Crippen molar-refractivity contribution in [3.05, 3.63) is 70.8 Å². The second-order valence-electron chi connectivity index (χ2n) is 5.46. The summed E-state index contributed by atoms with van der Waals surface area (Å²) in [4.78, 5) is 12.5. The molecule has 1 heterocycles. The molecule has 4 rings (SSSR count). The zero-order chi connectivity index (χ0) is 13.0. The second kappa shape index (κ2) is 3.55. The highest BCUT2D eigenvalue weighted by Crippen LogP contribution is 2.56. The lowest BCUT2D eigenvalue weighted by Gasteiger charge is -2.01. The lowest BCUT2D eigenvalue weighted by atomic mass is 9.95. The molecule has 2 aromatic rings. The number of hydrogen-bond acceptors (Lipinski definition) is 2. The van der Waals surface area contributed by atoms with Crippen LogP contribution in [0.1, 0.15) is 33.2 Å². The maximum atomic E-state index is 12.5. The molecule has 2 aliphatic rings. The molecule has 19 heavy (non-hydrogen) atoms. The molecule has 0 amide bonds. The number of carbonyl (C=O) groups is 1. The van der Waals surface area contributed by atoms with Crippen LogP contribution in [0.5, 0.6) is 0 Å². The summed E-state index contributed by atoms with van der Waals surface area (Å²) < 4.78 is 5.84. The Labute approximate surface area is 112 Å². The fourth-order valence-corrected chi connectivity index (χ4v) is 3.05. The third kappa shape index (κ3) is 1.44. The van der Waals surface area contributed by atoms with Crippen LogP contribution in [-0.4, -0.2) is 11.4 Å². The number of ether oxygens (including phenoxy) is 1. The van der Waals surface area contributed by atoms with Crippen molar-refractivity contribution in [2.45, 2.75) is 25.0 Å². The van der Waals surface area contributed by atoms with Gasteiger partial charge in [-0.25, -0.2) is 0 Å². The van der Waals surface area contributed by atoms with Crippen molar-refractivity contribution in [3.8, 4) is 0 Å². The van der Waals surface area contributed by atoms with Crippen molar-refractivity contribution in [3.63, 3.8) is 0 Å². The van der Waals surface area contributed by atoms with Crippen molar-refractivity contribution in [1.29, 1.82) is 0 Å². The van der Waals surface area contributed by atoms with Crippen LogP contribution in [0.25, 0.3) is 0 Å². The molecule has 2 heteroatoms. The van der Waals surface area contributed by atoms with Gasteiger partial charge in [-0.2, -0.15) is 0 Å². The number of carbonyl (C=O) groups excluding carboxylic acids is 1. The zero-order valence-electron chi connectivity index (χ0n) is 10.7. The molecule has 0 bridgehead atoms. The van der Waals surface area contributed by atoms with E-state index in [2.05, 4.69) is 31.2 Å². The van der Waals surface area contributed by atoms with Crippen LogP contribution < -0.4 is 0 Å². The number of aryl methyl sites for hydroxylation is 1. The first kappa shape index (κ1) is 10.9. The molecule has 1 aliphatic carbocycles. The average molecular weight is 250 g/mol. The largest absolute Gasteiger partial charge is 0.352 e. The minimum atomic E-state index is -0.612. The van der Waals surface area contributed by atoms with Gasteiger partial charge in [0.05, 0.1) is 0 Å². The first-order chi connectivity index (χ1) is 9.21. The highest BCUT2D eigenvalue weighted by Gasteiger charge is 2.65. The van der Waals surface area contributed by atoms with Crippen LogP contribution in [0.15, 0.2) is 48.5 Å². The number of rotatable bonds is 1. The molecule has 0 unspecified atom stereocenters. The number of Topliss-reactive ketones (excluding diaryl/α,β-unsaturated/α-hetero) is 1. The van der Waals surface area contributed by atoms with E-state index in [0.717, 1.165) is 16.7 Å². The SMILES string of the molecule is Cc1ccc([C@@H]2O[C@]23Cc2ccccc2C3=O)cc1. The van der Waals surface area contributed by atoms with Gasteiger partial charge < -0.3 is 4.74 Å². The predicted octanol–water partition coefficient (Wildman–Crippen LogP) is 3.24. The highest BCUT2D eigenvalue weighted by molar-refractivity contribution is 6.09. The zero-order valence-corrected chi connectivity index (χ0v) is 10.7. The minimum Gasteiger partial charge on any atom is -0.352 e. The smallest absolute Gasteiger partial charge is 0.198 e. The van der Waals surface area contributed by atoms with E-state index in [0.29, 0.717) is 6.42 Å². The molecule has 0 radical (unpaired) electrons. The van der Waals surface area contributed by atoms with E-state index >= 15 is 0 Å². The maximum Gasteiger partial charge on any atom is 0.198 e. The van der Waals surface area contributed by atoms with Crippen LogP contribution in [0, 0.1) is 6.92 Å². The van der Waals surface area contributed by atoms with E-state index < -0.39 is 5.60 Å². The first-order valence-electron chi connectivity index (χ1n) is 6.58. The molecular formula is C17H14O2. The van der Waals surface area contributed by atoms with Crippen LogP contribution in [0.2, 0.25) is 0 Å². The summed E-state index contributed by atoms with van der Waals surface area (Å²) in [6.07, 6.45) is 0.633. The Morgan fingerprint density at radius 1 is 1.11 bits per heavy atom. The number of hydrogen-bond donors (Lipinski definition) is 0. The van der Waals surface area contributed by atoms with Crippen molar-refractivity contribution in [2.75, 3.05) is 0 Å². The third-order valence-electron chi connectivity index (χ3n) is 4.17. The molecule has 1 aliphatic heterocycles. The molecule has 0 N–H and O–H groups in total. The van der Waals surface area contributed by atoms with E-state index in [4.69, 9.17) is 4.74 Å². The molecule has 1 spiro atoms. The molecular weight excluding hydrogens is 236 g/mol. The Morgan fingerprint density at radius 2 is 1.84 bits per heavy atom. The fraction of sp³-hybridized carbons (Fsp3) is 0.235. The predicted molar refractivity (Wildman–Crippen MR) is 72.2 cm³/mol. The van der Waals surface area contributed by atoms with Crippen molar-refractivity contribution >= 4 is 5.78 Å². The van der Waals surface area contributed by atoms with Gasteiger partial charge in [0.15, 0.2) is 11.4 Å². The van der Waals surface area contributed by atoms with E-state index in [1.54, 1.807) is 0 Å². The minimum absolute atomic E-state index is 0.0759. The molecule has 94 valence electrons. The number of epoxide rings is 1. The Kier molecular flexibility index (Phi) is 2.04. The van der Waals surface area contributed by atoms with Crippen molar-refractivity contribution in [2.24, 2.45) is 0 Å². The Balaban J connectivity index is 1.70. The summed E-state index contributed by atoms with van der Waals surface area (Å²) in [5.74, 6) is 0.147. The molecule has 1 fully saturated rings. The highest BCUT2D eigenvalue weighted by atomic mass is 16.6. The van der Waals surface area contributed by atoms with Gasteiger partial charge in [0.25, 0.3) is 0 Å². The topological polar surface area (TPSA) is 29.6 Å². The van der Waals surface area contributed by atoms with Crippen LogP contribution in [0.4, 0.5) is 0 Å². The van der Waals surface area contributed by atoms with E-state index in [-0.39, 0.29) is 11.9 Å². The summed E-state index contributed by atoms with van der Waals surface area (Å²) in [7, 11) is 0. The molecule has 2 aromatic carbocycles. The Morgan fingerprint density at radius 3 is 2.58 bits per heavy atom. The van der Waals surface area contributed by atoms with Gasteiger partial charge in [-0.3, -0.25) is 4.79 Å². The quantitative estimate of drug-likeness (QED) is 0.727. The molecule has 2 atom stereocenters. The summed E-state index contributed by atoms with van der Waals surface area (Å²) in [6, 6.07) is 16.1. The Hall–Kier alpha value is -1.93. The van der Waals surface area contributed by atoms with E-state index in [1.807, 2.05) is 24.3 Å². The van der Waals surface area contributed by atoms with Gasteiger partial charge in [0, 0.05) is 12.0 Å². The van der Waals surface area contributed by atoms with Gasteiger partial charge in [-0.1, -0.05) is 54.1 Å². The lowest BCUT2D eigenvalue weighted by molar-refractivity contribution is 0.0894. The van der Waals surface area contributed by atoms with Crippen molar-refractivity contribution in [1.82, 2.24) is 0 Å². The Bertz CT molecular complexity index is 672. The van der Waals surface area contributed by atoms with Gasteiger partial charge in [0.1, 0.15) is 6.10 Å². The summed E-state index contributed by atoms with van der Waals surface area (Å²) in [6.45, 7) is 2.06. The van der Waals surface area contributed by atoms with Crippen molar-refractivity contribution < 1.29 is 9.53 Å². The summed E-state index contributed by atoms with van der Waals surface area (Å²) in [5, 5.41) is 0. The fourth-order valence-electron chi connectivity index (χ4n) is 3.05. The van der Waals surface area contributed by atoms with Crippen LogP contribution in [0.3, 0.4) is 0 Å². The standard InChI is InChI=1S/C17H14O2/c1-11-6-8-12(9-7-11)16-17(19-16)10-13-4-2-3-5-14(13)15(17)18/h2-9,16H,10H2,1H3/t16-,17-/m0/s1. The molecule has 0 aromatic heterocycles. The third-order valence-corrected chi connectivity index (χ3v) is 4.17. The van der Waals surface area contributed by atoms with Gasteiger partial charge >= 0.3 is 0 Å². The van der Waals surface area contributed by atoms with E-state index in [1.165, 1.54) is 5.56 Å². The maximum absolute atomic E-state index is 12.5. The molecule has 2 nitrogen and oxygen atoms in total. The molecule has 0 saturated carbocycles. The summed E-state index contributed by atoms with van der Waals surface area (Å²) >= 11 is 0. The van der Waals surface area contributed by atoms with Gasteiger partial charge in [-0.05, 0) is 18.1 Å². The van der Waals surface area contributed by atoms with E-state index in [9.17, 15) is 4.79 Å². The second-order valence-corrected chi connectivity index (χ2v) is 5.46. The van der Waals surface area contributed by atoms with Crippen LogP contribution >= 0.6 is 0 Å². The lowest BCUT2D eigenvalue weighted by Crippen LogP contribution is -2.20. The average Bonchev–Trinajstić information content (AvgIpc) is 3.07. The van der Waals surface area contributed by atoms with Gasteiger partial charge in [0.2, 0.25) is 0 Å². The normalized spacial score (nSPS) is 27.6. The summed E-state index contributed by atoms with van der Waals surface area (Å²) in [5.41, 5.74) is 3.66.